The maximum atomic E-state index is 12.3. The molecular weight excluding hydrogens is 338 g/mol. The van der Waals surface area contributed by atoms with Gasteiger partial charge in [0.25, 0.3) is 5.91 Å². The topological polar surface area (TPSA) is 136 Å². The van der Waals surface area contributed by atoms with E-state index in [9.17, 15) is 22.8 Å². The van der Waals surface area contributed by atoms with Crippen LogP contribution in [-0.2, 0) is 24.3 Å². The van der Waals surface area contributed by atoms with Crippen LogP contribution in [0.4, 0.5) is 4.79 Å². The van der Waals surface area contributed by atoms with Crippen LogP contribution in [0.1, 0.15) is 12.5 Å². The molecule has 0 aliphatic rings. The molecule has 1 atom stereocenters. The molecule has 3 amide bonds. The van der Waals surface area contributed by atoms with Crippen LogP contribution in [-0.4, -0.2) is 50.3 Å². The summed E-state index contributed by atoms with van der Waals surface area (Å²) < 4.78 is 30.2. The number of sulfonamides is 1. The van der Waals surface area contributed by atoms with E-state index in [2.05, 4.69) is 0 Å². The monoisotopic (exact) mass is 357 g/mol. The van der Waals surface area contributed by atoms with Gasteiger partial charge in [-0.3, -0.25) is 14.9 Å². The van der Waals surface area contributed by atoms with Gasteiger partial charge in [-0.05, 0) is 26.0 Å². The Kier molecular flexibility index (Phi) is 6.43. The van der Waals surface area contributed by atoms with Gasteiger partial charge in [-0.2, -0.15) is 4.31 Å². The van der Waals surface area contributed by atoms with Crippen molar-refractivity contribution in [1.29, 1.82) is 0 Å². The standard InChI is InChI=1S/C14H19N3O6S/c1-9-4-6-11(7-5-9)24(21,22)17(3)8-12(18)23-10(2)13(19)16-14(15)20/h4-7,10H,8H2,1-3H3,(H3,15,16,19,20). The Hall–Kier alpha value is -2.46. The van der Waals surface area contributed by atoms with Crippen LogP contribution in [0, 0.1) is 6.92 Å². The summed E-state index contributed by atoms with van der Waals surface area (Å²) in [6, 6.07) is 5.04. The normalized spacial score (nSPS) is 12.5. The lowest BCUT2D eigenvalue weighted by atomic mass is 10.2. The molecule has 10 heteroatoms. The molecule has 0 heterocycles. The first kappa shape index (κ1) is 19.6. The maximum absolute atomic E-state index is 12.3. The van der Waals surface area contributed by atoms with E-state index in [0.29, 0.717) is 0 Å². The number of hydrogen-bond acceptors (Lipinski definition) is 6. The molecular formula is C14H19N3O6S. The highest BCUT2D eigenvalue weighted by Crippen LogP contribution is 2.15. The summed E-state index contributed by atoms with van der Waals surface area (Å²) in [5.41, 5.74) is 5.67. The van der Waals surface area contributed by atoms with E-state index < -0.39 is 40.6 Å². The van der Waals surface area contributed by atoms with E-state index in [1.54, 1.807) is 17.4 Å². The molecule has 3 N–H and O–H groups in total. The van der Waals surface area contributed by atoms with Crippen molar-refractivity contribution in [3.05, 3.63) is 29.8 Å². The zero-order valence-electron chi connectivity index (χ0n) is 13.5. The Balaban J connectivity index is 2.70. The lowest BCUT2D eigenvalue weighted by molar-refractivity contribution is -0.154. The number of hydrogen-bond donors (Lipinski definition) is 2. The van der Waals surface area contributed by atoms with Crippen LogP contribution in [0.2, 0.25) is 0 Å². The second-order valence-corrected chi connectivity index (χ2v) is 7.10. The first-order valence-electron chi connectivity index (χ1n) is 6.87. The first-order valence-corrected chi connectivity index (χ1v) is 8.31. The summed E-state index contributed by atoms with van der Waals surface area (Å²) >= 11 is 0. The number of nitrogens with zero attached hydrogens (tertiary/aromatic N) is 1. The number of nitrogens with one attached hydrogen (secondary N) is 1. The third-order valence-electron chi connectivity index (χ3n) is 3.00. The molecule has 24 heavy (non-hydrogen) atoms. The van der Waals surface area contributed by atoms with Crippen molar-refractivity contribution in [2.45, 2.75) is 24.8 Å². The molecule has 0 saturated heterocycles. The van der Waals surface area contributed by atoms with Gasteiger partial charge >= 0.3 is 12.0 Å². The van der Waals surface area contributed by atoms with Crippen LogP contribution in [0.3, 0.4) is 0 Å². The van der Waals surface area contributed by atoms with Crippen molar-refractivity contribution in [3.8, 4) is 0 Å². The van der Waals surface area contributed by atoms with Gasteiger partial charge in [0.15, 0.2) is 6.10 Å². The van der Waals surface area contributed by atoms with Crippen LogP contribution >= 0.6 is 0 Å². The second kappa shape index (κ2) is 7.88. The van der Waals surface area contributed by atoms with Crippen LogP contribution in [0.5, 0.6) is 0 Å². The largest absolute Gasteiger partial charge is 0.452 e. The van der Waals surface area contributed by atoms with E-state index >= 15 is 0 Å². The number of benzene rings is 1. The molecule has 0 bridgehead atoms. The number of aryl methyl sites for hydroxylation is 1. The Labute approximate surface area is 139 Å². The highest BCUT2D eigenvalue weighted by Gasteiger charge is 2.25. The number of nitrogens with two attached hydrogens (primary N) is 1. The number of esters is 1. The number of amides is 3. The Bertz CT molecular complexity index is 729. The molecule has 0 spiro atoms. The number of urea groups is 1. The fourth-order valence-electron chi connectivity index (χ4n) is 1.67. The molecule has 1 aromatic rings. The number of ether oxygens (including phenoxy) is 1. The average Bonchev–Trinajstić information content (AvgIpc) is 2.46. The van der Waals surface area contributed by atoms with Crippen LogP contribution in [0.25, 0.3) is 0 Å². The number of primary amides is 1. The summed E-state index contributed by atoms with van der Waals surface area (Å²) in [7, 11) is -2.66. The van der Waals surface area contributed by atoms with Crippen molar-refractivity contribution in [2.75, 3.05) is 13.6 Å². The molecule has 9 nitrogen and oxygen atoms in total. The fraction of sp³-hybridized carbons (Fsp3) is 0.357. The third-order valence-corrected chi connectivity index (χ3v) is 4.82. The minimum absolute atomic E-state index is 0.0305. The quantitative estimate of drug-likeness (QED) is 0.673. The lowest BCUT2D eigenvalue weighted by Gasteiger charge is -2.18. The number of imide groups is 1. The molecule has 1 rings (SSSR count). The van der Waals surface area contributed by atoms with Gasteiger partial charge in [0.2, 0.25) is 10.0 Å². The molecule has 0 aliphatic carbocycles. The van der Waals surface area contributed by atoms with E-state index in [0.717, 1.165) is 9.87 Å². The summed E-state index contributed by atoms with van der Waals surface area (Å²) in [4.78, 5) is 33.7. The van der Waals surface area contributed by atoms with E-state index in [1.807, 2.05) is 6.92 Å². The Morgan fingerprint density at radius 3 is 2.29 bits per heavy atom. The van der Waals surface area contributed by atoms with Crippen molar-refractivity contribution < 1.29 is 27.5 Å². The number of likely N-dealkylation sites (N-methyl/N-ethyl adjacent to an activating group) is 1. The molecule has 0 aliphatic heterocycles. The lowest BCUT2D eigenvalue weighted by Crippen LogP contribution is -2.43. The Morgan fingerprint density at radius 1 is 1.25 bits per heavy atom. The van der Waals surface area contributed by atoms with Gasteiger partial charge < -0.3 is 10.5 Å². The molecule has 0 fully saturated rings. The zero-order chi connectivity index (χ0) is 18.5. The van der Waals surface area contributed by atoms with Crippen molar-refractivity contribution in [3.63, 3.8) is 0 Å². The van der Waals surface area contributed by atoms with Gasteiger partial charge in [-0.15, -0.1) is 0 Å². The number of carbonyl (C=O) groups excluding carboxylic acids is 3. The predicted molar refractivity (Wildman–Crippen MR) is 84.3 cm³/mol. The third kappa shape index (κ3) is 5.32. The predicted octanol–water partition coefficient (Wildman–Crippen LogP) is -0.258. The minimum Gasteiger partial charge on any atom is -0.452 e. The van der Waals surface area contributed by atoms with Crippen molar-refractivity contribution in [1.82, 2.24) is 9.62 Å². The van der Waals surface area contributed by atoms with Gasteiger partial charge in [-0.25, -0.2) is 13.2 Å². The molecule has 0 aromatic heterocycles. The SMILES string of the molecule is Cc1ccc(S(=O)(=O)N(C)CC(=O)OC(C)C(=O)NC(N)=O)cc1. The van der Waals surface area contributed by atoms with E-state index in [-0.39, 0.29) is 4.90 Å². The van der Waals surface area contributed by atoms with Gasteiger partial charge in [0.1, 0.15) is 6.54 Å². The smallest absolute Gasteiger partial charge is 0.322 e. The molecule has 1 aromatic carbocycles. The van der Waals surface area contributed by atoms with Crippen LogP contribution in [0.15, 0.2) is 29.2 Å². The van der Waals surface area contributed by atoms with E-state index in [4.69, 9.17) is 10.5 Å². The Morgan fingerprint density at radius 2 is 1.79 bits per heavy atom. The molecule has 0 saturated carbocycles. The zero-order valence-corrected chi connectivity index (χ0v) is 14.3. The van der Waals surface area contributed by atoms with Crippen molar-refractivity contribution in [2.24, 2.45) is 5.73 Å². The fourth-order valence-corrected chi connectivity index (χ4v) is 2.78. The summed E-state index contributed by atoms with van der Waals surface area (Å²) in [6.07, 6.45) is -1.29. The van der Waals surface area contributed by atoms with E-state index in [1.165, 1.54) is 26.1 Å². The molecule has 1 unspecified atom stereocenters. The highest BCUT2D eigenvalue weighted by molar-refractivity contribution is 7.89. The second-order valence-electron chi connectivity index (χ2n) is 5.06. The first-order chi connectivity index (χ1) is 11.0. The van der Waals surface area contributed by atoms with Crippen molar-refractivity contribution >= 4 is 27.9 Å². The highest BCUT2D eigenvalue weighted by atomic mass is 32.2. The van der Waals surface area contributed by atoms with Gasteiger partial charge in [0.05, 0.1) is 4.90 Å². The van der Waals surface area contributed by atoms with Gasteiger partial charge in [0, 0.05) is 7.05 Å². The summed E-state index contributed by atoms with van der Waals surface area (Å²) in [5.74, 6) is -1.85. The summed E-state index contributed by atoms with van der Waals surface area (Å²) in [5, 5.41) is 1.75. The summed E-state index contributed by atoms with van der Waals surface area (Å²) in [6.45, 7) is 2.45. The minimum atomic E-state index is -3.87. The number of carbonyl (C=O) groups is 3. The average molecular weight is 357 g/mol. The maximum Gasteiger partial charge on any atom is 0.322 e. The number of rotatable bonds is 6. The van der Waals surface area contributed by atoms with Gasteiger partial charge in [-0.1, -0.05) is 17.7 Å². The molecule has 0 radical (unpaired) electrons. The molecule has 132 valence electrons. The van der Waals surface area contributed by atoms with Crippen LogP contribution < -0.4 is 11.1 Å².